The van der Waals surface area contributed by atoms with Crippen LogP contribution in [0.4, 0.5) is 5.82 Å². The van der Waals surface area contributed by atoms with Crippen molar-refractivity contribution in [3.05, 3.63) is 11.8 Å². The molecule has 0 aliphatic carbocycles. The van der Waals surface area contributed by atoms with Crippen LogP contribution in [0.15, 0.2) is 10.6 Å². The van der Waals surface area contributed by atoms with Crippen molar-refractivity contribution in [2.24, 2.45) is 0 Å². The van der Waals surface area contributed by atoms with Crippen molar-refractivity contribution in [2.75, 3.05) is 18.5 Å². The number of hydrogen-bond acceptors (Lipinski definition) is 5. The molecule has 20 heavy (non-hydrogen) atoms. The van der Waals surface area contributed by atoms with E-state index in [1.807, 2.05) is 0 Å². The number of rotatable bonds is 5. The number of aromatic nitrogens is 1. The molecule has 2 N–H and O–H groups in total. The Morgan fingerprint density at radius 2 is 2.25 bits per heavy atom. The van der Waals surface area contributed by atoms with Gasteiger partial charge in [0.05, 0.1) is 19.1 Å². The van der Waals surface area contributed by atoms with Gasteiger partial charge >= 0.3 is 0 Å². The second kappa shape index (κ2) is 7.04. The van der Waals surface area contributed by atoms with Crippen molar-refractivity contribution < 1.29 is 18.8 Å². The van der Waals surface area contributed by atoms with Gasteiger partial charge in [0.15, 0.2) is 5.82 Å². The van der Waals surface area contributed by atoms with Gasteiger partial charge in [-0.3, -0.25) is 9.59 Å². The maximum atomic E-state index is 11.7. The molecule has 0 saturated carbocycles. The van der Waals surface area contributed by atoms with E-state index in [1.165, 1.54) is 0 Å². The first kappa shape index (κ1) is 14.5. The van der Waals surface area contributed by atoms with Gasteiger partial charge in [-0.1, -0.05) is 5.16 Å². The molecular weight excluding hydrogens is 262 g/mol. The summed E-state index contributed by atoms with van der Waals surface area (Å²) in [7, 11) is 0. The predicted octanol–water partition coefficient (Wildman–Crippen LogP) is 0.997. The summed E-state index contributed by atoms with van der Waals surface area (Å²) in [5, 5.41) is 8.74. The average molecular weight is 281 g/mol. The number of anilines is 1. The van der Waals surface area contributed by atoms with Crippen LogP contribution in [0.2, 0.25) is 0 Å². The Morgan fingerprint density at radius 1 is 1.40 bits per heavy atom. The first-order valence-electron chi connectivity index (χ1n) is 6.75. The topological polar surface area (TPSA) is 93.5 Å². The summed E-state index contributed by atoms with van der Waals surface area (Å²) in [5.74, 6) is 0.441. The highest BCUT2D eigenvalue weighted by Crippen LogP contribution is 2.15. The smallest absolute Gasteiger partial charge is 0.245 e. The van der Waals surface area contributed by atoms with Gasteiger partial charge in [0.25, 0.3) is 0 Å². The Kier molecular flexibility index (Phi) is 5.11. The molecule has 1 fully saturated rings. The first-order valence-corrected chi connectivity index (χ1v) is 6.75. The van der Waals surface area contributed by atoms with E-state index in [1.54, 1.807) is 13.0 Å². The maximum Gasteiger partial charge on any atom is 0.245 e. The van der Waals surface area contributed by atoms with E-state index >= 15 is 0 Å². The lowest BCUT2D eigenvalue weighted by Crippen LogP contribution is -2.35. The van der Waals surface area contributed by atoms with Crippen molar-refractivity contribution in [1.82, 2.24) is 10.5 Å². The predicted molar refractivity (Wildman–Crippen MR) is 71.1 cm³/mol. The van der Waals surface area contributed by atoms with Crippen LogP contribution in [0, 0.1) is 6.92 Å². The van der Waals surface area contributed by atoms with Crippen LogP contribution in [0.25, 0.3) is 0 Å². The highest BCUT2D eigenvalue weighted by molar-refractivity contribution is 5.93. The quantitative estimate of drug-likeness (QED) is 0.839. The molecule has 1 unspecified atom stereocenters. The molecule has 1 saturated heterocycles. The van der Waals surface area contributed by atoms with Crippen molar-refractivity contribution in [2.45, 2.75) is 38.7 Å². The highest BCUT2D eigenvalue weighted by atomic mass is 16.5. The number of nitrogens with zero attached hydrogens (tertiary/aromatic N) is 1. The van der Waals surface area contributed by atoms with Crippen molar-refractivity contribution >= 4 is 17.6 Å². The molecule has 0 bridgehead atoms. The van der Waals surface area contributed by atoms with Gasteiger partial charge in [-0.05, 0) is 26.2 Å². The SMILES string of the molecule is Cc1cc(NC(=O)CNC(=O)CC2CCCCO2)no1. The zero-order chi connectivity index (χ0) is 14.4. The summed E-state index contributed by atoms with van der Waals surface area (Å²) < 4.78 is 10.3. The molecule has 2 amide bonds. The Morgan fingerprint density at radius 3 is 2.90 bits per heavy atom. The molecule has 1 aliphatic rings. The molecule has 0 spiro atoms. The second-order valence-corrected chi connectivity index (χ2v) is 4.84. The monoisotopic (exact) mass is 281 g/mol. The Labute approximate surface area is 117 Å². The van der Waals surface area contributed by atoms with Gasteiger partial charge in [0.2, 0.25) is 11.8 Å². The van der Waals surface area contributed by atoms with Gasteiger partial charge in [-0.25, -0.2) is 0 Å². The average Bonchev–Trinajstić information content (AvgIpc) is 2.83. The molecular formula is C13H19N3O4. The van der Waals surface area contributed by atoms with Crippen molar-refractivity contribution in [3.8, 4) is 0 Å². The normalized spacial score (nSPS) is 18.6. The molecule has 110 valence electrons. The summed E-state index contributed by atoms with van der Waals surface area (Å²) >= 11 is 0. The molecule has 7 nitrogen and oxygen atoms in total. The number of carbonyl (C=O) groups excluding carboxylic acids is 2. The van der Waals surface area contributed by atoms with Gasteiger partial charge in [-0.2, -0.15) is 0 Å². The third kappa shape index (κ3) is 4.65. The fourth-order valence-electron chi connectivity index (χ4n) is 2.04. The van der Waals surface area contributed by atoms with Gasteiger partial charge in [0.1, 0.15) is 5.76 Å². The van der Waals surface area contributed by atoms with Crippen LogP contribution >= 0.6 is 0 Å². The fourth-order valence-corrected chi connectivity index (χ4v) is 2.04. The van der Waals surface area contributed by atoms with E-state index < -0.39 is 0 Å². The zero-order valence-electron chi connectivity index (χ0n) is 11.5. The summed E-state index contributed by atoms with van der Waals surface area (Å²) in [6.07, 6.45) is 3.32. The zero-order valence-corrected chi connectivity index (χ0v) is 11.5. The molecule has 1 aromatic rings. The molecule has 0 aromatic carbocycles. The van der Waals surface area contributed by atoms with Gasteiger partial charge < -0.3 is 19.9 Å². The molecule has 1 aromatic heterocycles. The summed E-state index contributed by atoms with van der Waals surface area (Å²) in [5.41, 5.74) is 0. The molecule has 2 rings (SSSR count). The summed E-state index contributed by atoms with van der Waals surface area (Å²) in [6.45, 7) is 2.36. The van der Waals surface area contributed by atoms with Gasteiger partial charge in [-0.15, -0.1) is 0 Å². The van der Waals surface area contributed by atoms with Gasteiger partial charge in [0, 0.05) is 12.7 Å². The van der Waals surface area contributed by atoms with Crippen LogP contribution < -0.4 is 10.6 Å². The maximum absolute atomic E-state index is 11.7. The van der Waals surface area contributed by atoms with Crippen molar-refractivity contribution in [3.63, 3.8) is 0 Å². The third-order valence-corrected chi connectivity index (χ3v) is 3.03. The number of hydrogen-bond donors (Lipinski definition) is 2. The molecule has 1 atom stereocenters. The number of aryl methyl sites for hydroxylation is 1. The van der Waals surface area contributed by atoms with Crippen LogP contribution in [-0.4, -0.2) is 36.2 Å². The Balaban J connectivity index is 1.66. The largest absolute Gasteiger partial charge is 0.378 e. The summed E-state index contributed by atoms with van der Waals surface area (Å²) in [4.78, 5) is 23.2. The summed E-state index contributed by atoms with van der Waals surface area (Å²) in [6, 6.07) is 1.61. The number of nitrogens with one attached hydrogen (secondary N) is 2. The van der Waals surface area contributed by atoms with E-state index in [2.05, 4.69) is 15.8 Å². The van der Waals surface area contributed by atoms with E-state index in [-0.39, 0.29) is 24.5 Å². The van der Waals surface area contributed by atoms with E-state index in [0.717, 1.165) is 19.3 Å². The van der Waals surface area contributed by atoms with Crippen molar-refractivity contribution in [1.29, 1.82) is 0 Å². The molecule has 0 radical (unpaired) electrons. The van der Waals surface area contributed by atoms with E-state index in [9.17, 15) is 9.59 Å². The lowest BCUT2D eigenvalue weighted by Gasteiger charge is -2.21. The third-order valence-electron chi connectivity index (χ3n) is 3.03. The van der Waals surface area contributed by atoms with E-state index in [4.69, 9.17) is 9.26 Å². The van der Waals surface area contributed by atoms with Crippen LogP contribution in [0.3, 0.4) is 0 Å². The van der Waals surface area contributed by atoms with E-state index in [0.29, 0.717) is 24.6 Å². The van der Waals surface area contributed by atoms with Crippen LogP contribution in [0.5, 0.6) is 0 Å². The minimum Gasteiger partial charge on any atom is -0.378 e. The molecule has 2 heterocycles. The lowest BCUT2D eigenvalue weighted by atomic mass is 10.1. The minimum absolute atomic E-state index is 0.0231. The Bertz CT molecular complexity index is 466. The Hall–Kier alpha value is -1.89. The fraction of sp³-hybridized carbons (Fsp3) is 0.615. The first-order chi connectivity index (χ1) is 9.63. The minimum atomic E-state index is -0.337. The van der Waals surface area contributed by atoms with Crippen LogP contribution in [-0.2, 0) is 14.3 Å². The lowest BCUT2D eigenvalue weighted by molar-refractivity contribution is -0.127. The number of ether oxygens (including phenoxy) is 1. The second-order valence-electron chi connectivity index (χ2n) is 4.84. The molecule has 7 heteroatoms. The molecule has 1 aliphatic heterocycles. The standard InChI is InChI=1S/C13H19N3O4/c1-9-6-11(16-20-9)15-13(18)8-14-12(17)7-10-4-2-3-5-19-10/h6,10H,2-5,7-8H2,1H3,(H,14,17)(H,15,16,18). The number of carbonyl (C=O) groups is 2. The van der Waals surface area contributed by atoms with Crippen LogP contribution in [0.1, 0.15) is 31.4 Å². The highest BCUT2D eigenvalue weighted by Gasteiger charge is 2.18. The number of amides is 2.